The largest absolute Gasteiger partial charge is 0.355 e. The summed E-state index contributed by atoms with van der Waals surface area (Å²) in [5, 5.41) is 10.5. The summed E-state index contributed by atoms with van der Waals surface area (Å²) in [5.74, 6) is -0.01000. The summed E-state index contributed by atoms with van der Waals surface area (Å²) in [4.78, 5) is 27.2. The van der Waals surface area contributed by atoms with Crippen LogP contribution in [0.1, 0.15) is 48.8 Å². The molecule has 2 N–H and O–H groups in total. The number of nitrogens with one attached hydrogen (secondary N) is 2. The van der Waals surface area contributed by atoms with E-state index in [4.69, 9.17) is 4.52 Å². The molecule has 0 bridgehead atoms. The number of thiophene rings is 1. The van der Waals surface area contributed by atoms with Crippen molar-refractivity contribution in [3.05, 3.63) is 93.5 Å². The third-order valence-corrected chi connectivity index (χ3v) is 7.20. The standard InChI is InChI=1S/C27H25N3O3S/c1-17-10-12-19(13-11-17)22-16-21(30-33-22)25(31)29-27-24(20-8-5-9-23(20)34-27)26(32)28-15-14-18-6-3-2-4-7-18/h2-4,6-7,10-13,16H,5,8-9,14-15H2,1H3,(H,28,32)(H,29,31). The highest BCUT2D eigenvalue weighted by atomic mass is 32.1. The van der Waals surface area contributed by atoms with Gasteiger partial charge in [0.15, 0.2) is 11.5 Å². The molecule has 0 unspecified atom stereocenters. The third kappa shape index (κ3) is 4.65. The van der Waals surface area contributed by atoms with E-state index in [0.29, 0.717) is 22.9 Å². The maximum Gasteiger partial charge on any atom is 0.278 e. The zero-order valence-corrected chi connectivity index (χ0v) is 19.7. The fraction of sp³-hybridized carbons (Fsp3) is 0.222. The van der Waals surface area contributed by atoms with Crippen LogP contribution in [0.15, 0.2) is 65.2 Å². The summed E-state index contributed by atoms with van der Waals surface area (Å²) in [6.45, 7) is 2.54. The van der Waals surface area contributed by atoms with Crippen LogP contribution in [0.2, 0.25) is 0 Å². The summed E-state index contributed by atoms with van der Waals surface area (Å²) in [5.41, 5.74) is 4.98. The summed E-state index contributed by atoms with van der Waals surface area (Å²) in [7, 11) is 0. The van der Waals surface area contributed by atoms with Gasteiger partial charge in [-0.25, -0.2) is 0 Å². The van der Waals surface area contributed by atoms with Crippen molar-refractivity contribution in [3.8, 4) is 11.3 Å². The van der Waals surface area contributed by atoms with Crippen LogP contribution in [-0.2, 0) is 19.3 Å². The summed E-state index contributed by atoms with van der Waals surface area (Å²) in [6.07, 6.45) is 3.57. The first-order valence-electron chi connectivity index (χ1n) is 11.4. The van der Waals surface area contributed by atoms with E-state index >= 15 is 0 Å². The fourth-order valence-corrected chi connectivity index (χ4v) is 5.47. The van der Waals surface area contributed by atoms with E-state index in [2.05, 4.69) is 15.8 Å². The van der Waals surface area contributed by atoms with Crippen molar-refractivity contribution in [1.82, 2.24) is 10.5 Å². The molecule has 7 heteroatoms. The van der Waals surface area contributed by atoms with Crippen molar-refractivity contribution >= 4 is 28.2 Å². The molecule has 0 radical (unpaired) electrons. The summed E-state index contributed by atoms with van der Waals surface area (Å²) in [6, 6.07) is 19.5. The maximum absolute atomic E-state index is 13.1. The topological polar surface area (TPSA) is 84.2 Å². The summed E-state index contributed by atoms with van der Waals surface area (Å²) < 4.78 is 5.40. The molecular weight excluding hydrogens is 446 g/mol. The number of carbonyl (C=O) groups excluding carboxylic acids is 2. The molecule has 1 aliphatic rings. The number of rotatable bonds is 7. The molecule has 172 valence electrons. The van der Waals surface area contributed by atoms with Crippen molar-refractivity contribution < 1.29 is 14.1 Å². The molecule has 1 aliphatic carbocycles. The monoisotopic (exact) mass is 471 g/mol. The maximum atomic E-state index is 13.1. The van der Waals surface area contributed by atoms with Gasteiger partial charge in [0.1, 0.15) is 5.00 Å². The van der Waals surface area contributed by atoms with Crippen LogP contribution in [-0.4, -0.2) is 23.5 Å². The Morgan fingerprint density at radius 1 is 1.03 bits per heavy atom. The molecule has 5 rings (SSSR count). The van der Waals surface area contributed by atoms with E-state index in [-0.39, 0.29) is 17.5 Å². The van der Waals surface area contributed by atoms with E-state index in [1.54, 1.807) is 6.07 Å². The predicted molar refractivity (Wildman–Crippen MR) is 133 cm³/mol. The lowest BCUT2D eigenvalue weighted by Crippen LogP contribution is -2.27. The number of amides is 2. The van der Waals surface area contributed by atoms with Crippen LogP contribution in [0.25, 0.3) is 11.3 Å². The number of hydrogen-bond acceptors (Lipinski definition) is 5. The Morgan fingerprint density at radius 3 is 2.62 bits per heavy atom. The van der Waals surface area contributed by atoms with E-state index < -0.39 is 0 Å². The highest BCUT2D eigenvalue weighted by Crippen LogP contribution is 2.39. The van der Waals surface area contributed by atoms with Gasteiger partial charge in [0.05, 0.1) is 5.56 Å². The number of aryl methyl sites for hydroxylation is 2. The third-order valence-electron chi connectivity index (χ3n) is 6.00. The zero-order chi connectivity index (χ0) is 23.5. The Labute approximate surface area is 202 Å². The van der Waals surface area contributed by atoms with Gasteiger partial charge in [0, 0.05) is 23.1 Å². The van der Waals surface area contributed by atoms with Crippen molar-refractivity contribution in [2.45, 2.75) is 32.6 Å². The van der Waals surface area contributed by atoms with E-state index in [0.717, 1.165) is 42.4 Å². The summed E-state index contributed by atoms with van der Waals surface area (Å²) >= 11 is 1.48. The first-order chi connectivity index (χ1) is 16.6. The van der Waals surface area contributed by atoms with Gasteiger partial charge >= 0.3 is 0 Å². The molecule has 0 saturated carbocycles. The van der Waals surface area contributed by atoms with Gasteiger partial charge in [-0.2, -0.15) is 0 Å². The first-order valence-corrected chi connectivity index (χ1v) is 12.2. The highest BCUT2D eigenvalue weighted by Gasteiger charge is 2.28. The van der Waals surface area contributed by atoms with Gasteiger partial charge in [0.25, 0.3) is 11.8 Å². The Kier molecular flexibility index (Phi) is 6.27. The van der Waals surface area contributed by atoms with Crippen LogP contribution in [0.4, 0.5) is 5.00 Å². The quantitative estimate of drug-likeness (QED) is 0.377. The number of aromatic nitrogens is 1. The molecule has 2 heterocycles. The molecular formula is C27H25N3O3S. The van der Waals surface area contributed by atoms with Crippen molar-refractivity contribution in [2.24, 2.45) is 0 Å². The second-order valence-electron chi connectivity index (χ2n) is 8.45. The SMILES string of the molecule is Cc1ccc(-c2cc(C(=O)Nc3sc4c(c3C(=O)NCCc3ccccc3)CCC4)no2)cc1. The molecule has 0 aliphatic heterocycles. The van der Waals surface area contributed by atoms with Gasteiger partial charge in [-0.05, 0) is 43.7 Å². The lowest BCUT2D eigenvalue weighted by Gasteiger charge is -2.09. The number of hydrogen-bond donors (Lipinski definition) is 2. The minimum atomic E-state index is -0.389. The first kappa shape index (κ1) is 22.1. The molecule has 2 aromatic heterocycles. The number of anilines is 1. The van der Waals surface area contributed by atoms with Gasteiger partial charge in [-0.1, -0.05) is 65.3 Å². The Bertz CT molecular complexity index is 1320. The smallest absolute Gasteiger partial charge is 0.278 e. The lowest BCUT2D eigenvalue weighted by atomic mass is 10.1. The predicted octanol–water partition coefficient (Wildman–Crippen LogP) is 5.43. The van der Waals surface area contributed by atoms with Gasteiger partial charge < -0.3 is 15.2 Å². The van der Waals surface area contributed by atoms with Crippen LogP contribution in [0.5, 0.6) is 0 Å². The van der Waals surface area contributed by atoms with Gasteiger partial charge in [-0.3, -0.25) is 9.59 Å². The molecule has 2 amide bonds. The normalized spacial score (nSPS) is 12.4. The number of nitrogens with zero attached hydrogens (tertiary/aromatic N) is 1. The number of benzene rings is 2. The molecule has 34 heavy (non-hydrogen) atoms. The molecule has 0 saturated heterocycles. The minimum absolute atomic E-state index is 0.147. The average Bonchev–Trinajstić information content (AvgIpc) is 3.57. The van der Waals surface area contributed by atoms with Crippen LogP contribution in [0, 0.1) is 6.92 Å². The lowest BCUT2D eigenvalue weighted by molar-refractivity contribution is 0.0954. The molecule has 4 aromatic rings. The van der Waals surface area contributed by atoms with E-state index in [9.17, 15) is 9.59 Å². The Balaban J connectivity index is 1.31. The Morgan fingerprint density at radius 2 is 1.82 bits per heavy atom. The second-order valence-corrected chi connectivity index (χ2v) is 9.55. The van der Waals surface area contributed by atoms with Crippen molar-refractivity contribution in [1.29, 1.82) is 0 Å². The van der Waals surface area contributed by atoms with Crippen molar-refractivity contribution in [3.63, 3.8) is 0 Å². The molecule has 0 atom stereocenters. The average molecular weight is 472 g/mol. The molecule has 0 fully saturated rings. The van der Waals surface area contributed by atoms with E-state index in [1.165, 1.54) is 21.8 Å². The Hall–Kier alpha value is -3.71. The van der Waals surface area contributed by atoms with E-state index in [1.807, 2.05) is 61.5 Å². The number of fused-ring (bicyclic) bond motifs is 1. The van der Waals surface area contributed by atoms with Crippen LogP contribution >= 0.6 is 11.3 Å². The van der Waals surface area contributed by atoms with Gasteiger partial charge in [0.2, 0.25) is 0 Å². The van der Waals surface area contributed by atoms with Gasteiger partial charge in [-0.15, -0.1) is 11.3 Å². The second kappa shape index (κ2) is 9.65. The van der Waals surface area contributed by atoms with Crippen molar-refractivity contribution in [2.75, 3.05) is 11.9 Å². The zero-order valence-electron chi connectivity index (χ0n) is 18.9. The molecule has 2 aromatic carbocycles. The highest BCUT2D eigenvalue weighted by molar-refractivity contribution is 7.17. The van der Waals surface area contributed by atoms with Crippen LogP contribution in [0.3, 0.4) is 0 Å². The minimum Gasteiger partial charge on any atom is -0.355 e. The molecule has 0 spiro atoms. The number of carbonyl (C=O) groups is 2. The fourth-order valence-electron chi connectivity index (χ4n) is 4.19. The molecule has 6 nitrogen and oxygen atoms in total. The van der Waals surface area contributed by atoms with Crippen LogP contribution < -0.4 is 10.6 Å².